The maximum absolute atomic E-state index is 13.9. The van der Waals surface area contributed by atoms with Gasteiger partial charge in [0.05, 0.1) is 29.6 Å². The maximum atomic E-state index is 13.9. The number of fused-ring (bicyclic) bond motifs is 2. The summed E-state index contributed by atoms with van der Waals surface area (Å²) >= 11 is 0. The molecule has 1 aromatic carbocycles. The Labute approximate surface area is 287 Å². The fourth-order valence-corrected chi connectivity index (χ4v) is 7.95. The molecule has 13 heteroatoms. The van der Waals surface area contributed by atoms with E-state index in [1.165, 1.54) is 16.0 Å². The van der Waals surface area contributed by atoms with Gasteiger partial charge in [0.2, 0.25) is 6.54 Å². The van der Waals surface area contributed by atoms with Gasteiger partial charge in [-0.2, -0.15) is 15.1 Å². The summed E-state index contributed by atoms with van der Waals surface area (Å²) in [4.78, 5) is 34.5. The maximum Gasteiger partial charge on any atom is 0.318 e. The summed E-state index contributed by atoms with van der Waals surface area (Å²) < 4.78 is 28.4. The Bertz CT molecular complexity index is 1780. The normalized spacial score (nSPS) is 23.1. The van der Waals surface area contributed by atoms with Gasteiger partial charge in [0.15, 0.2) is 12.1 Å². The Morgan fingerprint density at radius 2 is 1.98 bits per heavy atom. The summed E-state index contributed by atoms with van der Waals surface area (Å²) in [7, 11) is 2.12. The highest BCUT2D eigenvalue weighted by Crippen LogP contribution is 2.39. The molecule has 1 unspecified atom stereocenters. The second-order valence-electron chi connectivity index (χ2n) is 13.9. The Kier molecular flexibility index (Phi) is 9.44. The smallest absolute Gasteiger partial charge is 0.318 e. The van der Waals surface area contributed by atoms with Gasteiger partial charge in [-0.15, -0.1) is 0 Å². The van der Waals surface area contributed by atoms with Crippen molar-refractivity contribution in [2.75, 3.05) is 69.3 Å². The lowest BCUT2D eigenvalue weighted by Gasteiger charge is -2.41. The number of hydrogen-bond donors (Lipinski definition) is 0. The molecule has 260 valence electrons. The Morgan fingerprint density at radius 3 is 2.71 bits per heavy atom. The monoisotopic (exact) mass is 671 g/mol. The number of rotatable bonds is 8. The van der Waals surface area contributed by atoms with E-state index in [-0.39, 0.29) is 19.3 Å². The third kappa shape index (κ3) is 6.44. The molecule has 3 atom stereocenters. The molecule has 0 N–H and O–H groups in total. The van der Waals surface area contributed by atoms with E-state index >= 15 is 0 Å². The molecule has 7 rings (SSSR count). The predicted octanol–water partition coefficient (Wildman–Crippen LogP) is 4.60. The number of benzene rings is 1. The summed E-state index contributed by atoms with van der Waals surface area (Å²) in [6.45, 7) is 19.8. The van der Waals surface area contributed by atoms with Crippen LogP contribution in [0.2, 0.25) is 0 Å². The summed E-state index contributed by atoms with van der Waals surface area (Å²) in [6, 6.07) is 2.38. The lowest BCUT2D eigenvalue weighted by atomic mass is 9.99. The number of amides is 1. The van der Waals surface area contributed by atoms with Crippen molar-refractivity contribution >= 4 is 28.3 Å². The number of ether oxygens (including phenoxy) is 2. The second kappa shape index (κ2) is 13.9. The first-order valence-corrected chi connectivity index (χ1v) is 17.5. The number of halogens is 1. The molecule has 0 radical (unpaired) electrons. The zero-order valence-electron chi connectivity index (χ0n) is 28.8. The number of carbonyl (C=O) groups is 1. The van der Waals surface area contributed by atoms with Gasteiger partial charge < -0.3 is 33.9 Å². The van der Waals surface area contributed by atoms with E-state index < -0.39 is 17.8 Å². The van der Waals surface area contributed by atoms with Crippen LogP contribution in [0.5, 0.6) is 6.01 Å². The Balaban J connectivity index is 1.23. The lowest BCUT2D eigenvalue weighted by molar-refractivity contribution is -0.131. The van der Waals surface area contributed by atoms with E-state index in [0.29, 0.717) is 44.7 Å². The molecular weight excluding hydrogens is 625 g/mol. The first kappa shape index (κ1) is 33.2. The fourth-order valence-electron chi connectivity index (χ4n) is 7.95. The van der Waals surface area contributed by atoms with Gasteiger partial charge in [-0.05, 0) is 83.2 Å². The van der Waals surface area contributed by atoms with Crippen LogP contribution in [0.1, 0.15) is 60.7 Å². The van der Waals surface area contributed by atoms with Gasteiger partial charge in [0, 0.05) is 49.8 Å². The van der Waals surface area contributed by atoms with Crippen molar-refractivity contribution in [2.45, 2.75) is 77.2 Å². The van der Waals surface area contributed by atoms with Crippen LogP contribution in [-0.2, 0) is 22.5 Å². The highest BCUT2D eigenvalue weighted by molar-refractivity contribution is 5.95. The van der Waals surface area contributed by atoms with Gasteiger partial charge in [-0.3, -0.25) is 4.79 Å². The summed E-state index contributed by atoms with van der Waals surface area (Å²) in [5.41, 5.74) is 6.61. The predicted molar refractivity (Wildman–Crippen MR) is 185 cm³/mol. The van der Waals surface area contributed by atoms with Crippen LogP contribution >= 0.6 is 0 Å². The van der Waals surface area contributed by atoms with Crippen LogP contribution in [0.25, 0.3) is 15.7 Å². The number of carbonyl (C=O) groups excluding carboxylic acids is 1. The van der Waals surface area contributed by atoms with Crippen molar-refractivity contribution in [3.63, 3.8) is 0 Å². The van der Waals surface area contributed by atoms with Gasteiger partial charge >= 0.3 is 6.01 Å². The van der Waals surface area contributed by atoms with Crippen molar-refractivity contribution in [1.82, 2.24) is 29.5 Å². The minimum Gasteiger partial charge on any atom is -0.462 e. The molecule has 6 heterocycles. The fraction of sp³-hybridized carbons (Fsp3) is 0.583. The van der Waals surface area contributed by atoms with Crippen molar-refractivity contribution in [2.24, 2.45) is 0 Å². The van der Waals surface area contributed by atoms with Crippen LogP contribution < -0.4 is 14.5 Å². The van der Waals surface area contributed by atoms with Crippen LogP contribution in [-0.4, -0.2) is 107 Å². The van der Waals surface area contributed by atoms with E-state index in [1.54, 1.807) is 0 Å². The van der Waals surface area contributed by atoms with Gasteiger partial charge in [0.1, 0.15) is 18.5 Å². The standard InChI is InChI=1S/C36H46FN9O3/c1-23-17-31-29(19-39-46(31)32-10-6-7-16-48-32)33(24(23)2)43-13-11-28-30(21-43)40-36(49-22-26-9-8-12-42(26)5)41-34(28)44-14-15-45(35(47)25(3)37)27(20-44)18-38-4/h17,19,26-27,32H,3,6-16,18,20-22H2,1-2,5H3/t26-,27-,32?/m0/s1. The lowest BCUT2D eigenvalue weighted by Crippen LogP contribution is -2.57. The highest BCUT2D eigenvalue weighted by Gasteiger charge is 2.37. The number of piperazine rings is 1. The molecule has 3 saturated heterocycles. The highest BCUT2D eigenvalue weighted by atomic mass is 19.1. The molecule has 2 aromatic heterocycles. The zero-order chi connectivity index (χ0) is 34.2. The van der Waals surface area contributed by atoms with Gasteiger partial charge in [0.25, 0.3) is 5.91 Å². The molecule has 12 nitrogen and oxygen atoms in total. The minimum absolute atomic E-state index is 0.0531. The Morgan fingerprint density at radius 1 is 1.12 bits per heavy atom. The SMILES string of the molecule is [C-]#[N+]C[C@H]1CN(c2nc(OC[C@@H]3CCCN3C)nc3c2CCN(c2c(C)c(C)cc4c2cnn4C2CCCCO2)C3)CCN1C(=O)C(=C)F. The van der Waals surface area contributed by atoms with Crippen molar-refractivity contribution in [3.05, 3.63) is 58.5 Å². The quantitative estimate of drug-likeness (QED) is 0.252. The molecule has 1 amide bonds. The summed E-state index contributed by atoms with van der Waals surface area (Å²) in [5.74, 6) is -0.988. The topological polar surface area (TPSA) is 96.4 Å². The summed E-state index contributed by atoms with van der Waals surface area (Å²) in [6.07, 6.45) is 8.01. The van der Waals surface area contributed by atoms with E-state index in [9.17, 15) is 9.18 Å². The first-order chi connectivity index (χ1) is 23.7. The first-order valence-electron chi connectivity index (χ1n) is 17.5. The van der Waals surface area contributed by atoms with Gasteiger partial charge in [-0.1, -0.05) is 6.58 Å². The molecule has 3 fully saturated rings. The number of likely N-dealkylation sites (tertiary alicyclic amines) is 1. The van der Waals surface area contributed by atoms with Crippen LogP contribution in [0.3, 0.4) is 0 Å². The third-order valence-corrected chi connectivity index (χ3v) is 10.8. The number of hydrogen-bond acceptors (Lipinski definition) is 9. The van der Waals surface area contributed by atoms with E-state index in [0.717, 1.165) is 85.5 Å². The molecule has 0 spiro atoms. The molecule has 0 bridgehead atoms. The number of anilines is 2. The minimum atomic E-state index is -1.01. The van der Waals surface area contributed by atoms with Crippen LogP contribution in [0.15, 0.2) is 24.7 Å². The third-order valence-electron chi connectivity index (χ3n) is 10.8. The number of aryl methyl sites for hydroxylation is 1. The largest absolute Gasteiger partial charge is 0.462 e. The van der Waals surface area contributed by atoms with Crippen molar-refractivity contribution in [1.29, 1.82) is 0 Å². The Hall–Kier alpha value is -4.28. The molecule has 4 aliphatic rings. The van der Waals surface area contributed by atoms with Crippen molar-refractivity contribution in [3.8, 4) is 6.01 Å². The number of nitrogens with zero attached hydrogens (tertiary/aromatic N) is 9. The number of likely N-dealkylation sites (N-methyl/N-ethyl adjacent to an activating group) is 1. The van der Waals surface area contributed by atoms with Crippen LogP contribution in [0, 0.1) is 20.4 Å². The molecule has 4 aliphatic heterocycles. The van der Waals surface area contributed by atoms with Gasteiger partial charge in [-0.25, -0.2) is 15.6 Å². The second-order valence-corrected chi connectivity index (χ2v) is 13.9. The summed E-state index contributed by atoms with van der Waals surface area (Å²) in [5, 5.41) is 5.95. The average Bonchev–Trinajstić information content (AvgIpc) is 3.72. The zero-order valence-corrected chi connectivity index (χ0v) is 28.8. The molecular formula is C36H46FN9O3. The average molecular weight is 672 g/mol. The molecule has 3 aromatic rings. The van der Waals surface area contributed by atoms with E-state index in [4.69, 9.17) is 31.1 Å². The number of aromatic nitrogens is 4. The molecule has 0 aliphatic carbocycles. The molecule has 0 saturated carbocycles. The van der Waals surface area contributed by atoms with Crippen molar-refractivity contribution < 1.29 is 18.7 Å². The van der Waals surface area contributed by atoms with Crippen LogP contribution in [0.4, 0.5) is 15.9 Å². The molecule has 49 heavy (non-hydrogen) atoms. The van der Waals surface area contributed by atoms with E-state index in [2.05, 4.69) is 57.8 Å². The van der Waals surface area contributed by atoms with E-state index in [1.807, 2.05) is 6.20 Å².